The van der Waals surface area contributed by atoms with E-state index in [4.69, 9.17) is 0 Å². The SMILES string of the molecule is CS(=O)(=O)N[C@@H]1CCCN(CN2C(=O)[C@H]3[C@H]4CC[C@@H](C4)[C@@H]32)C1. The van der Waals surface area contributed by atoms with Crippen LogP contribution in [0.2, 0.25) is 0 Å². The average Bonchev–Trinajstić information content (AvgIpc) is 3.01. The minimum Gasteiger partial charge on any atom is -0.325 e. The molecule has 2 aliphatic carbocycles. The molecule has 2 saturated heterocycles. The topological polar surface area (TPSA) is 69.7 Å². The predicted molar refractivity (Wildman–Crippen MR) is 82.4 cm³/mol. The molecule has 2 heterocycles. The molecule has 1 amide bonds. The zero-order valence-corrected chi connectivity index (χ0v) is 13.9. The molecular weight excluding hydrogens is 302 g/mol. The summed E-state index contributed by atoms with van der Waals surface area (Å²) in [4.78, 5) is 16.7. The first-order valence-electron chi connectivity index (χ1n) is 8.42. The van der Waals surface area contributed by atoms with Crippen LogP contribution in [0.25, 0.3) is 0 Å². The van der Waals surface area contributed by atoms with E-state index >= 15 is 0 Å². The Labute approximate surface area is 132 Å². The number of sulfonamides is 1. The van der Waals surface area contributed by atoms with Crippen LogP contribution in [-0.4, -0.2) is 62.2 Å². The van der Waals surface area contributed by atoms with Crippen LogP contribution in [0, 0.1) is 17.8 Å². The highest BCUT2D eigenvalue weighted by Crippen LogP contribution is 2.56. The summed E-state index contributed by atoms with van der Waals surface area (Å²) in [5.41, 5.74) is 0. The Bertz CT molecular complexity index is 579. The van der Waals surface area contributed by atoms with Gasteiger partial charge in [-0.3, -0.25) is 9.69 Å². The molecule has 5 atom stereocenters. The van der Waals surface area contributed by atoms with Gasteiger partial charge < -0.3 is 4.90 Å². The lowest BCUT2D eigenvalue weighted by molar-refractivity contribution is -0.165. The van der Waals surface area contributed by atoms with Crippen molar-refractivity contribution in [2.24, 2.45) is 17.8 Å². The van der Waals surface area contributed by atoms with Gasteiger partial charge in [-0.1, -0.05) is 0 Å². The summed E-state index contributed by atoms with van der Waals surface area (Å²) >= 11 is 0. The highest BCUT2D eigenvalue weighted by Gasteiger charge is 2.61. The molecule has 4 rings (SSSR count). The molecule has 22 heavy (non-hydrogen) atoms. The zero-order valence-electron chi connectivity index (χ0n) is 13.1. The predicted octanol–water partition coefficient (Wildman–Crippen LogP) is 0.214. The van der Waals surface area contributed by atoms with Crippen molar-refractivity contribution in [3.8, 4) is 0 Å². The summed E-state index contributed by atoms with van der Waals surface area (Å²) in [6.45, 7) is 2.35. The number of β-lactam (4-membered cyclic amide) rings is 1. The van der Waals surface area contributed by atoms with Crippen molar-refractivity contribution < 1.29 is 13.2 Å². The summed E-state index contributed by atoms with van der Waals surface area (Å²) in [7, 11) is -3.16. The fourth-order valence-corrected chi connectivity index (χ4v) is 6.07. The van der Waals surface area contributed by atoms with Crippen molar-refractivity contribution in [1.29, 1.82) is 0 Å². The van der Waals surface area contributed by atoms with Crippen LogP contribution in [0.1, 0.15) is 32.1 Å². The molecule has 0 aromatic carbocycles. The number of piperidine rings is 1. The second-order valence-electron chi connectivity index (χ2n) is 7.61. The van der Waals surface area contributed by atoms with Gasteiger partial charge in [0.05, 0.1) is 18.8 Å². The molecule has 2 aliphatic heterocycles. The van der Waals surface area contributed by atoms with Gasteiger partial charge in [-0.25, -0.2) is 13.1 Å². The van der Waals surface area contributed by atoms with Gasteiger partial charge in [0.2, 0.25) is 15.9 Å². The van der Waals surface area contributed by atoms with Crippen LogP contribution in [-0.2, 0) is 14.8 Å². The van der Waals surface area contributed by atoms with Gasteiger partial charge in [-0.2, -0.15) is 0 Å². The maximum absolute atomic E-state index is 12.4. The summed E-state index contributed by atoms with van der Waals surface area (Å²) in [5, 5.41) is 0. The van der Waals surface area contributed by atoms with Gasteiger partial charge in [0.1, 0.15) is 0 Å². The summed E-state index contributed by atoms with van der Waals surface area (Å²) in [6, 6.07) is 0.463. The van der Waals surface area contributed by atoms with Gasteiger partial charge in [-0.15, -0.1) is 0 Å². The third-order valence-electron chi connectivity index (χ3n) is 6.04. The van der Waals surface area contributed by atoms with Gasteiger partial charge in [0, 0.05) is 18.6 Å². The molecule has 0 unspecified atom stereocenters. The van der Waals surface area contributed by atoms with Gasteiger partial charge in [0.25, 0.3) is 0 Å². The fourth-order valence-electron chi connectivity index (χ4n) is 5.28. The van der Waals surface area contributed by atoms with Gasteiger partial charge in [-0.05, 0) is 50.5 Å². The molecule has 6 nitrogen and oxygen atoms in total. The number of amides is 1. The van der Waals surface area contributed by atoms with Crippen molar-refractivity contribution in [3.63, 3.8) is 0 Å². The molecule has 2 bridgehead atoms. The number of hydrogen-bond donors (Lipinski definition) is 1. The van der Waals surface area contributed by atoms with E-state index in [2.05, 4.69) is 14.5 Å². The Kier molecular flexibility index (Phi) is 3.51. The highest BCUT2D eigenvalue weighted by atomic mass is 32.2. The van der Waals surface area contributed by atoms with Gasteiger partial charge >= 0.3 is 0 Å². The number of nitrogens with zero attached hydrogens (tertiary/aromatic N) is 2. The second kappa shape index (κ2) is 5.18. The van der Waals surface area contributed by atoms with Gasteiger partial charge in [0.15, 0.2) is 0 Å². The average molecular weight is 327 g/mol. The number of carbonyl (C=O) groups is 1. The normalized spacial score (nSPS) is 41.6. The Balaban J connectivity index is 1.37. The number of nitrogens with one attached hydrogen (secondary N) is 1. The molecule has 0 aromatic heterocycles. The van der Waals surface area contributed by atoms with E-state index in [-0.39, 0.29) is 6.04 Å². The number of hydrogen-bond acceptors (Lipinski definition) is 4. The molecular formula is C15H25N3O3S. The first-order valence-corrected chi connectivity index (χ1v) is 10.3. The lowest BCUT2D eigenvalue weighted by Crippen LogP contribution is -2.66. The molecule has 124 valence electrons. The number of rotatable bonds is 4. The number of fused-ring (bicyclic) bond motifs is 5. The van der Waals surface area contributed by atoms with Crippen LogP contribution < -0.4 is 4.72 Å². The second-order valence-corrected chi connectivity index (χ2v) is 9.39. The smallest absolute Gasteiger partial charge is 0.229 e. The van der Waals surface area contributed by atoms with E-state index in [0.717, 1.165) is 25.3 Å². The maximum atomic E-state index is 12.4. The molecule has 7 heteroatoms. The van der Waals surface area contributed by atoms with Crippen molar-refractivity contribution in [2.75, 3.05) is 26.0 Å². The summed E-state index contributed by atoms with van der Waals surface area (Å²) in [5.74, 6) is 2.03. The first kappa shape index (κ1) is 14.9. The van der Waals surface area contributed by atoms with Crippen LogP contribution in [0.3, 0.4) is 0 Å². The Morgan fingerprint density at radius 2 is 2.00 bits per heavy atom. The Hall–Kier alpha value is -0.660. The van der Waals surface area contributed by atoms with Crippen molar-refractivity contribution in [2.45, 2.75) is 44.2 Å². The van der Waals surface area contributed by atoms with E-state index in [1.165, 1.54) is 25.5 Å². The molecule has 4 fully saturated rings. The quantitative estimate of drug-likeness (QED) is 0.750. The van der Waals surface area contributed by atoms with Crippen molar-refractivity contribution in [3.05, 3.63) is 0 Å². The van der Waals surface area contributed by atoms with E-state index < -0.39 is 10.0 Å². The lowest BCUT2D eigenvalue weighted by atomic mass is 9.76. The lowest BCUT2D eigenvalue weighted by Gasteiger charge is -2.51. The molecule has 2 saturated carbocycles. The van der Waals surface area contributed by atoms with Crippen molar-refractivity contribution >= 4 is 15.9 Å². The molecule has 0 spiro atoms. The third kappa shape index (κ3) is 2.47. The highest BCUT2D eigenvalue weighted by molar-refractivity contribution is 7.88. The Morgan fingerprint density at radius 3 is 2.77 bits per heavy atom. The summed E-state index contributed by atoms with van der Waals surface area (Å²) in [6.07, 6.45) is 6.85. The standard InChI is InChI=1S/C15H25N3O3S/c1-22(20,21)16-12-3-2-6-17(8-12)9-18-14-11-5-4-10(7-11)13(14)15(18)19/h10-14,16H,2-9H2,1H3/t10-,11-,12+,13-,14-/m0/s1. The minimum absolute atomic E-state index is 0.0176. The monoisotopic (exact) mass is 327 g/mol. The van der Waals surface area contributed by atoms with Crippen LogP contribution in [0.4, 0.5) is 0 Å². The van der Waals surface area contributed by atoms with E-state index in [9.17, 15) is 13.2 Å². The maximum Gasteiger partial charge on any atom is 0.229 e. The Morgan fingerprint density at radius 1 is 1.23 bits per heavy atom. The molecule has 0 aromatic rings. The molecule has 1 N–H and O–H groups in total. The third-order valence-corrected chi connectivity index (χ3v) is 6.80. The van der Waals surface area contributed by atoms with E-state index in [0.29, 0.717) is 37.0 Å². The minimum atomic E-state index is -3.16. The van der Waals surface area contributed by atoms with E-state index in [1.807, 2.05) is 0 Å². The number of likely N-dealkylation sites (tertiary alicyclic amines) is 2. The van der Waals surface area contributed by atoms with Crippen LogP contribution in [0.5, 0.6) is 0 Å². The number of carbonyl (C=O) groups excluding carboxylic acids is 1. The molecule has 4 aliphatic rings. The fraction of sp³-hybridized carbons (Fsp3) is 0.933. The summed E-state index contributed by atoms with van der Waals surface area (Å²) < 4.78 is 25.5. The molecule has 0 radical (unpaired) electrons. The van der Waals surface area contributed by atoms with Crippen LogP contribution >= 0.6 is 0 Å². The van der Waals surface area contributed by atoms with Crippen LogP contribution in [0.15, 0.2) is 0 Å². The first-order chi connectivity index (χ1) is 10.4. The van der Waals surface area contributed by atoms with E-state index in [1.54, 1.807) is 0 Å². The zero-order chi connectivity index (χ0) is 15.5. The van der Waals surface area contributed by atoms with Crippen molar-refractivity contribution in [1.82, 2.24) is 14.5 Å². The largest absolute Gasteiger partial charge is 0.325 e.